The molecule has 20 heavy (non-hydrogen) atoms. The third-order valence-corrected chi connectivity index (χ3v) is 3.92. The van der Waals surface area contributed by atoms with Crippen molar-refractivity contribution in [2.75, 3.05) is 0 Å². The Hall–Kier alpha value is -1.57. The number of benzene rings is 1. The Morgan fingerprint density at radius 1 is 1.00 bits per heavy atom. The van der Waals surface area contributed by atoms with Gasteiger partial charge in [0, 0.05) is 0 Å². The van der Waals surface area contributed by atoms with Crippen molar-refractivity contribution in [3.05, 3.63) is 54.1 Å². The first-order valence-electron chi connectivity index (χ1n) is 7.89. The molecule has 0 spiro atoms. The molecule has 0 amide bonds. The molecule has 2 nitrogen and oxygen atoms in total. The molecular weight excluding hydrogens is 244 g/mol. The van der Waals surface area contributed by atoms with Gasteiger partial charge in [-0.2, -0.15) is 0 Å². The molecule has 108 valence electrons. The predicted octanol–water partition coefficient (Wildman–Crippen LogP) is 3.87. The van der Waals surface area contributed by atoms with E-state index in [-0.39, 0.29) is 0 Å². The SMILES string of the molecule is CCCCCCC[n+]1ccn(C)c1Cc1ccccc1. The molecule has 0 unspecified atom stereocenters. The van der Waals surface area contributed by atoms with Crippen molar-refractivity contribution >= 4 is 0 Å². The highest BCUT2D eigenvalue weighted by Crippen LogP contribution is 2.07. The van der Waals surface area contributed by atoms with Crippen LogP contribution < -0.4 is 4.57 Å². The second kappa shape index (κ2) is 7.88. The van der Waals surface area contributed by atoms with Crippen molar-refractivity contribution in [1.29, 1.82) is 0 Å². The molecule has 2 heteroatoms. The van der Waals surface area contributed by atoms with Gasteiger partial charge in [-0.05, 0) is 18.4 Å². The summed E-state index contributed by atoms with van der Waals surface area (Å²) in [5.74, 6) is 1.40. The molecule has 0 aliphatic carbocycles. The number of nitrogens with zero attached hydrogens (tertiary/aromatic N) is 2. The number of aryl methyl sites for hydroxylation is 2. The van der Waals surface area contributed by atoms with Crippen molar-refractivity contribution < 1.29 is 4.57 Å². The summed E-state index contributed by atoms with van der Waals surface area (Å²) in [4.78, 5) is 0. The van der Waals surface area contributed by atoms with E-state index in [9.17, 15) is 0 Å². The summed E-state index contributed by atoms with van der Waals surface area (Å²) in [6.07, 6.45) is 12.1. The third kappa shape index (κ3) is 4.22. The van der Waals surface area contributed by atoms with Gasteiger partial charge >= 0.3 is 0 Å². The van der Waals surface area contributed by atoms with Crippen LogP contribution in [0.4, 0.5) is 0 Å². The first kappa shape index (κ1) is 14.8. The maximum Gasteiger partial charge on any atom is 0.260 e. The van der Waals surface area contributed by atoms with Crippen molar-refractivity contribution in [3.63, 3.8) is 0 Å². The molecule has 2 rings (SSSR count). The molecule has 1 heterocycles. The largest absolute Gasteiger partial charge is 0.260 e. The van der Waals surface area contributed by atoms with Crippen molar-refractivity contribution in [3.8, 4) is 0 Å². The summed E-state index contributed by atoms with van der Waals surface area (Å²) in [6, 6.07) is 10.7. The monoisotopic (exact) mass is 271 g/mol. The Labute approximate surface area is 123 Å². The Morgan fingerprint density at radius 2 is 1.75 bits per heavy atom. The lowest BCUT2D eigenvalue weighted by Gasteiger charge is -2.04. The number of hydrogen-bond donors (Lipinski definition) is 0. The maximum absolute atomic E-state index is 2.42. The molecule has 1 aromatic heterocycles. The van der Waals surface area contributed by atoms with E-state index in [0.29, 0.717) is 0 Å². The third-order valence-electron chi connectivity index (χ3n) is 3.92. The summed E-state index contributed by atoms with van der Waals surface area (Å²) in [6.45, 7) is 3.41. The maximum atomic E-state index is 2.42. The van der Waals surface area contributed by atoms with Gasteiger partial charge in [0.1, 0.15) is 12.4 Å². The second-order valence-corrected chi connectivity index (χ2v) is 5.60. The van der Waals surface area contributed by atoms with E-state index in [1.54, 1.807) is 0 Å². The highest BCUT2D eigenvalue weighted by molar-refractivity contribution is 5.17. The van der Waals surface area contributed by atoms with Crippen LogP contribution in [0.2, 0.25) is 0 Å². The quantitative estimate of drug-likeness (QED) is 0.509. The summed E-state index contributed by atoms with van der Waals surface area (Å²) < 4.78 is 4.66. The fourth-order valence-electron chi connectivity index (χ4n) is 2.65. The van der Waals surface area contributed by atoms with Gasteiger partial charge in [0.15, 0.2) is 0 Å². The Balaban J connectivity index is 1.93. The Bertz CT molecular complexity index is 499. The molecule has 2 aromatic rings. The molecule has 0 atom stereocenters. The van der Waals surface area contributed by atoms with E-state index in [1.165, 1.54) is 43.5 Å². The minimum Gasteiger partial charge on any atom is -0.237 e. The summed E-state index contributed by atoms with van der Waals surface area (Å²) in [5, 5.41) is 0. The molecule has 0 fully saturated rings. The lowest BCUT2D eigenvalue weighted by Crippen LogP contribution is -2.37. The number of hydrogen-bond acceptors (Lipinski definition) is 0. The van der Waals surface area contributed by atoms with Crippen molar-refractivity contribution in [2.45, 2.75) is 52.0 Å². The Morgan fingerprint density at radius 3 is 2.50 bits per heavy atom. The molecule has 1 aromatic carbocycles. The average Bonchev–Trinajstić information content (AvgIpc) is 2.81. The highest BCUT2D eigenvalue weighted by Gasteiger charge is 2.14. The summed E-state index contributed by atoms with van der Waals surface area (Å²) in [7, 11) is 2.14. The smallest absolute Gasteiger partial charge is 0.237 e. The van der Waals surface area contributed by atoms with Crippen LogP contribution in [0.15, 0.2) is 42.7 Å². The molecule has 0 saturated carbocycles. The van der Waals surface area contributed by atoms with Crippen LogP contribution >= 0.6 is 0 Å². The molecule has 0 radical (unpaired) electrons. The first-order chi connectivity index (χ1) is 9.81. The van der Waals surface area contributed by atoms with Crippen LogP contribution in [0.25, 0.3) is 0 Å². The zero-order valence-corrected chi connectivity index (χ0v) is 12.9. The van der Waals surface area contributed by atoms with Crippen LogP contribution in [-0.2, 0) is 20.0 Å². The Kier molecular flexibility index (Phi) is 5.85. The number of rotatable bonds is 8. The van der Waals surface area contributed by atoms with Gasteiger partial charge in [0.2, 0.25) is 0 Å². The van der Waals surface area contributed by atoms with E-state index >= 15 is 0 Å². The fourth-order valence-corrected chi connectivity index (χ4v) is 2.65. The van der Waals surface area contributed by atoms with Crippen LogP contribution in [0.1, 0.15) is 50.4 Å². The van der Waals surface area contributed by atoms with Gasteiger partial charge in [0.05, 0.1) is 20.0 Å². The number of aromatic nitrogens is 2. The lowest BCUT2D eigenvalue weighted by molar-refractivity contribution is -0.703. The number of unbranched alkanes of at least 4 members (excludes halogenated alkanes) is 4. The summed E-state index contributed by atoms with van der Waals surface area (Å²) >= 11 is 0. The van der Waals surface area contributed by atoms with Gasteiger partial charge in [0.25, 0.3) is 5.82 Å². The normalized spacial score (nSPS) is 10.9. The van der Waals surface area contributed by atoms with Crippen LogP contribution in [0.3, 0.4) is 0 Å². The van der Waals surface area contributed by atoms with Gasteiger partial charge in [-0.15, -0.1) is 0 Å². The highest BCUT2D eigenvalue weighted by atomic mass is 15.1. The van der Waals surface area contributed by atoms with Gasteiger partial charge < -0.3 is 0 Å². The molecule has 0 aliphatic rings. The van der Waals surface area contributed by atoms with Crippen molar-refractivity contribution in [2.24, 2.45) is 7.05 Å². The van der Waals surface area contributed by atoms with E-state index in [4.69, 9.17) is 0 Å². The minimum atomic E-state index is 1.01. The molecule has 0 bridgehead atoms. The average molecular weight is 271 g/mol. The minimum absolute atomic E-state index is 1.01. The molecule has 0 aliphatic heterocycles. The predicted molar refractivity (Wildman–Crippen MR) is 83.6 cm³/mol. The van der Waals surface area contributed by atoms with Crippen LogP contribution in [-0.4, -0.2) is 4.57 Å². The first-order valence-corrected chi connectivity index (χ1v) is 7.89. The second-order valence-electron chi connectivity index (χ2n) is 5.60. The fraction of sp³-hybridized carbons (Fsp3) is 0.500. The zero-order chi connectivity index (χ0) is 14.2. The van der Waals surface area contributed by atoms with E-state index in [2.05, 4.69) is 65.8 Å². The van der Waals surface area contributed by atoms with Crippen LogP contribution in [0.5, 0.6) is 0 Å². The van der Waals surface area contributed by atoms with Gasteiger partial charge in [-0.1, -0.05) is 56.5 Å². The zero-order valence-electron chi connectivity index (χ0n) is 12.9. The lowest BCUT2D eigenvalue weighted by atomic mass is 10.1. The number of imidazole rings is 1. The van der Waals surface area contributed by atoms with Gasteiger partial charge in [-0.3, -0.25) is 0 Å². The standard InChI is InChI=1S/C18H27N2/c1-3-4-5-6-10-13-20-15-14-19(2)18(20)16-17-11-8-7-9-12-17/h7-9,11-12,14-15H,3-6,10,13,16H2,1-2H3/q+1. The van der Waals surface area contributed by atoms with E-state index in [0.717, 1.165) is 13.0 Å². The summed E-state index contributed by atoms with van der Waals surface area (Å²) in [5.41, 5.74) is 1.38. The van der Waals surface area contributed by atoms with E-state index in [1.807, 2.05) is 0 Å². The van der Waals surface area contributed by atoms with Crippen molar-refractivity contribution in [1.82, 2.24) is 4.57 Å². The van der Waals surface area contributed by atoms with Crippen LogP contribution in [0, 0.1) is 0 Å². The molecule has 0 N–H and O–H groups in total. The molecule has 0 saturated heterocycles. The molecular formula is C18H27N2+. The van der Waals surface area contributed by atoms with Gasteiger partial charge in [-0.25, -0.2) is 9.13 Å². The van der Waals surface area contributed by atoms with E-state index < -0.39 is 0 Å². The topological polar surface area (TPSA) is 8.81 Å².